The SMILES string of the molecule is CCOCC1(C)COCOC1. The van der Waals surface area contributed by atoms with E-state index in [0.717, 1.165) is 26.4 Å². The number of hydrogen-bond donors (Lipinski definition) is 0. The molecule has 0 atom stereocenters. The molecular formula is C8H16O3. The minimum Gasteiger partial charge on any atom is -0.381 e. The van der Waals surface area contributed by atoms with Crippen molar-refractivity contribution in [3.05, 3.63) is 0 Å². The van der Waals surface area contributed by atoms with E-state index in [4.69, 9.17) is 14.2 Å². The van der Waals surface area contributed by atoms with Gasteiger partial charge in [0.05, 0.1) is 19.8 Å². The van der Waals surface area contributed by atoms with E-state index >= 15 is 0 Å². The maximum absolute atomic E-state index is 5.32. The zero-order valence-corrected chi connectivity index (χ0v) is 7.26. The van der Waals surface area contributed by atoms with E-state index in [0.29, 0.717) is 6.79 Å². The molecule has 0 radical (unpaired) electrons. The predicted molar refractivity (Wildman–Crippen MR) is 41.4 cm³/mol. The molecule has 0 saturated carbocycles. The third-order valence-corrected chi connectivity index (χ3v) is 1.72. The van der Waals surface area contributed by atoms with Gasteiger partial charge in [-0.2, -0.15) is 0 Å². The zero-order valence-electron chi connectivity index (χ0n) is 7.26. The van der Waals surface area contributed by atoms with Gasteiger partial charge in [-0.05, 0) is 6.92 Å². The third kappa shape index (κ3) is 2.77. The highest BCUT2D eigenvalue weighted by Crippen LogP contribution is 2.21. The van der Waals surface area contributed by atoms with Crippen molar-refractivity contribution in [1.29, 1.82) is 0 Å². The third-order valence-electron chi connectivity index (χ3n) is 1.72. The Bertz CT molecular complexity index is 108. The van der Waals surface area contributed by atoms with Crippen molar-refractivity contribution in [2.75, 3.05) is 33.2 Å². The summed E-state index contributed by atoms with van der Waals surface area (Å²) in [5, 5.41) is 0. The maximum atomic E-state index is 5.32. The van der Waals surface area contributed by atoms with Crippen LogP contribution in [0.4, 0.5) is 0 Å². The van der Waals surface area contributed by atoms with Gasteiger partial charge in [0.1, 0.15) is 6.79 Å². The molecule has 1 aliphatic rings. The van der Waals surface area contributed by atoms with Gasteiger partial charge in [-0.3, -0.25) is 0 Å². The van der Waals surface area contributed by atoms with Crippen molar-refractivity contribution in [3.63, 3.8) is 0 Å². The Morgan fingerprint density at radius 2 is 2.00 bits per heavy atom. The van der Waals surface area contributed by atoms with Gasteiger partial charge in [0.25, 0.3) is 0 Å². The van der Waals surface area contributed by atoms with Crippen molar-refractivity contribution in [1.82, 2.24) is 0 Å². The van der Waals surface area contributed by atoms with Crippen molar-refractivity contribution in [3.8, 4) is 0 Å². The van der Waals surface area contributed by atoms with Crippen LogP contribution in [0.5, 0.6) is 0 Å². The van der Waals surface area contributed by atoms with Crippen LogP contribution >= 0.6 is 0 Å². The van der Waals surface area contributed by atoms with E-state index in [1.165, 1.54) is 0 Å². The molecule has 0 aromatic carbocycles. The lowest BCUT2D eigenvalue weighted by Crippen LogP contribution is -2.38. The summed E-state index contributed by atoms with van der Waals surface area (Å²) in [6, 6.07) is 0. The molecule has 66 valence electrons. The number of ether oxygens (including phenoxy) is 3. The highest BCUT2D eigenvalue weighted by atomic mass is 16.7. The first-order chi connectivity index (χ1) is 5.27. The Kier molecular flexibility index (Phi) is 3.30. The molecule has 0 aromatic rings. The van der Waals surface area contributed by atoms with Crippen LogP contribution in [0.25, 0.3) is 0 Å². The monoisotopic (exact) mass is 160 g/mol. The van der Waals surface area contributed by atoms with E-state index in [-0.39, 0.29) is 5.41 Å². The molecule has 1 aliphatic heterocycles. The summed E-state index contributed by atoms with van der Waals surface area (Å²) in [6.07, 6.45) is 0. The van der Waals surface area contributed by atoms with Gasteiger partial charge in [0.2, 0.25) is 0 Å². The fraction of sp³-hybridized carbons (Fsp3) is 1.00. The van der Waals surface area contributed by atoms with Crippen molar-refractivity contribution in [2.24, 2.45) is 5.41 Å². The second-order valence-electron chi connectivity index (χ2n) is 3.26. The average Bonchev–Trinajstić information content (AvgIpc) is 2.03. The molecule has 3 nitrogen and oxygen atoms in total. The Morgan fingerprint density at radius 1 is 1.36 bits per heavy atom. The molecule has 1 saturated heterocycles. The summed E-state index contributed by atoms with van der Waals surface area (Å²) >= 11 is 0. The number of rotatable bonds is 3. The van der Waals surface area contributed by atoms with Crippen molar-refractivity contribution >= 4 is 0 Å². The van der Waals surface area contributed by atoms with Crippen LogP contribution in [0.1, 0.15) is 13.8 Å². The molecular weight excluding hydrogens is 144 g/mol. The standard InChI is InChI=1S/C8H16O3/c1-3-9-4-8(2)5-10-7-11-6-8/h3-7H2,1-2H3. The van der Waals surface area contributed by atoms with Gasteiger partial charge in [0.15, 0.2) is 0 Å². The Labute approximate surface area is 67.6 Å². The quantitative estimate of drug-likeness (QED) is 0.617. The van der Waals surface area contributed by atoms with Gasteiger partial charge >= 0.3 is 0 Å². The Morgan fingerprint density at radius 3 is 2.55 bits per heavy atom. The van der Waals surface area contributed by atoms with Crippen LogP contribution in [-0.4, -0.2) is 33.2 Å². The van der Waals surface area contributed by atoms with Gasteiger partial charge < -0.3 is 14.2 Å². The van der Waals surface area contributed by atoms with E-state index in [1.807, 2.05) is 6.92 Å². The Hall–Kier alpha value is -0.120. The maximum Gasteiger partial charge on any atom is 0.146 e. The first-order valence-corrected chi connectivity index (χ1v) is 4.00. The molecule has 1 fully saturated rings. The summed E-state index contributed by atoms with van der Waals surface area (Å²) in [5.41, 5.74) is 0.0637. The predicted octanol–water partition coefficient (Wildman–Crippen LogP) is 1.03. The lowest BCUT2D eigenvalue weighted by Gasteiger charge is -2.32. The van der Waals surface area contributed by atoms with E-state index in [9.17, 15) is 0 Å². The van der Waals surface area contributed by atoms with Gasteiger partial charge in [-0.15, -0.1) is 0 Å². The highest BCUT2D eigenvalue weighted by Gasteiger charge is 2.28. The van der Waals surface area contributed by atoms with E-state index in [1.54, 1.807) is 0 Å². The molecule has 0 aliphatic carbocycles. The second kappa shape index (κ2) is 4.04. The van der Waals surface area contributed by atoms with Crippen LogP contribution in [0, 0.1) is 5.41 Å². The highest BCUT2D eigenvalue weighted by molar-refractivity contribution is 4.74. The first kappa shape index (κ1) is 8.97. The topological polar surface area (TPSA) is 27.7 Å². The van der Waals surface area contributed by atoms with Crippen molar-refractivity contribution < 1.29 is 14.2 Å². The minimum absolute atomic E-state index is 0.0637. The van der Waals surface area contributed by atoms with Crippen LogP contribution in [0.2, 0.25) is 0 Å². The number of hydrogen-bond acceptors (Lipinski definition) is 3. The molecule has 1 rings (SSSR count). The lowest BCUT2D eigenvalue weighted by atomic mass is 9.94. The van der Waals surface area contributed by atoms with E-state index < -0.39 is 0 Å². The summed E-state index contributed by atoms with van der Waals surface area (Å²) in [5.74, 6) is 0. The smallest absolute Gasteiger partial charge is 0.146 e. The molecule has 3 heteroatoms. The van der Waals surface area contributed by atoms with Gasteiger partial charge in [-0.1, -0.05) is 6.92 Å². The fourth-order valence-corrected chi connectivity index (χ4v) is 1.11. The molecule has 0 bridgehead atoms. The lowest BCUT2D eigenvalue weighted by molar-refractivity contribution is -0.174. The molecule has 1 heterocycles. The fourth-order valence-electron chi connectivity index (χ4n) is 1.11. The molecule has 0 spiro atoms. The molecule has 0 amide bonds. The first-order valence-electron chi connectivity index (χ1n) is 4.00. The molecule has 0 aromatic heterocycles. The van der Waals surface area contributed by atoms with Crippen LogP contribution in [0.15, 0.2) is 0 Å². The summed E-state index contributed by atoms with van der Waals surface area (Å²) in [7, 11) is 0. The van der Waals surface area contributed by atoms with Crippen LogP contribution in [0.3, 0.4) is 0 Å². The summed E-state index contributed by atoms with van der Waals surface area (Å²) in [4.78, 5) is 0. The van der Waals surface area contributed by atoms with E-state index in [2.05, 4.69) is 6.92 Å². The molecule has 11 heavy (non-hydrogen) atoms. The van der Waals surface area contributed by atoms with Crippen LogP contribution in [-0.2, 0) is 14.2 Å². The van der Waals surface area contributed by atoms with Crippen LogP contribution < -0.4 is 0 Å². The minimum atomic E-state index is 0.0637. The summed E-state index contributed by atoms with van der Waals surface area (Å²) in [6.45, 7) is 7.51. The molecule has 0 unspecified atom stereocenters. The molecule has 0 N–H and O–H groups in total. The van der Waals surface area contributed by atoms with Crippen molar-refractivity contribution in [2.45, 2.75) is 13.8 Å². The normalized spacial score (nSPS) is 23.5. The summed E-state index contributed by atoms with van der Waals surface area (Å²) < 4.78 is 15.7. The Balaban J connectivity index is 2.25. The zero-order chi connectivity index (χ0) is 8.16. The second-order valence-corrected chi connectivity index (χ2v) is 3.26. The average molecular weight is 160 g/mol. The van der Waals surface area contributed by atoms with Gasteiger partial charge in [-0.25, -0.2) is 0 Å². The van der Waals surface area contributed by atoms with Gasteiger partial charge in [0, 0.05) is 12.0 Å². The largest absolute Gasteiger partial charge is 0.381 e.